The Hall–Kier alpha value is -3.10. The zero-order valence-corrected chi connectivity index (χ0v) is 23.7. The molecule has 1 saturated heterocycles. The number of amides is 1. The Labute approximate surface area is 237 Å². The minimum absolute atomic E-state index is 0.00181. The van der Waals surface area contributed by atoms with E-state index in [-0.39, 0.29) is 37.8 Å². The van der Waals surface area contributed by atoms with Crippen LogP contribution in [0.2, 0.25) is 0 Å². The number of allylic oxidation sites excluding steroid dienone is 6. The Morgan fingerprint density at radius 2 is 1.93 bits per heavy atom. The van der Waals surface area contributed by atoms with Crippen LogP contribution in [0.15, 0.2) is 54.2 Å². The smallest absolute Gasteiger partial charge is 0.308 e. The summed E-state index contributed by atoms with van der Waals surface area (Å²) in [6, 6.07) is 5.41. The predicted molar refractivity (Wildman–Crippen MR) is 154 cm³/mol. The topological polar surface area (TPSA) is 99.5 Å². The van der Waals surface area contributed by atoms with E-state index >= 15 is 0 Å². The van der Waals surface area contributed by atoms with Crippen LogP contribution in [0.3, 0.4) is 0 Å². The van der Waals surface area contributed by atoms with Gasteiger partial charge in [0.1, 0.15) is 0 Å². The minimum Gasteiger partial charge on any atom is -0.481 e. The van der Waals surface area contributed by atoms with Crippen LogP contribution in [-0.2, 0) is 9.59 Å². The summed E-state index contributed by atoms with van der Waals surface area (Å²) in [5.74, 6) is -0.453. The molecule has 1 amide bonds. The fourth-order valence-electron chi connectivity index (χ4n) is 6.08. The summed E-state index contributed by atoms with van der Waals surface area (Å²) in [4.78, 5) is 30.3. The van der Waals surface area contributed by atoms with Crippen molar-refractivity contribution >= 4 is 11.9 Å². The average Bonchev–Trinajstić information content (AvgIpc) is 3.59. The zero-order valence-electron chi connectivity index (χ0n) is 23.7. The molecule has 0 radical (unpaired) electrons. The fourth-order valence-corrected chi connectivity index (χ4v) is 6.08. The molecule has 1 fully saturated rings. The first-order valence-corrected chi connectivity index (χ1v) is 14.8. The maximum Gasteiger partial charge on any atom is 0.308 e. The normalized spacial score (nSPS) is 25.4. The number of aliphatic hydroxyl groups excluding tert-OH is 1. The third-order valence-electron chi connectivity index (χ3n) is 8.24. The second-order valence-corrected chi connectivity index (χ2v) is 11.0. The standard InChI is InChI=1S/C32H44N2O6/c1-2-3-17-33(18-10-19-35)30(36)22-34-21-26(25-14-16-28-29(20-25)40-23-39-28)31(32(37)38)27(34)15-13-24-11-8-6-4-5-7-9-12-24/h4-6,8,11,14,16,20,26-27,31,35H,2-3,7,9-10,12-13,15,17-19,21-23H2,1H3,(H,37,38)/b5-4+,8-6-,24-11+/t26-,27+,31-/m1/s1. The first-order valence-electron chi connectivity index (χ1n) is 14.8. The third-order valence-corrected chi connectivity index (χ3v) is 8.24. The van der Waals surface area contributed by atoms with Crippen molar-refractivity contribution < 1.29 is 29.3 Å². The summed E-state index contributed by atoms with van der Waals surface area (Å²) >= 11 is 0. The first kappa shape index (κ1) is 29.9. The lowest BCUT2D eigenvalue weighted by atomic mass is 9.83. The van der Waals surface area contributed by atoms with Crippen LogP contribution in [0.25, 0.3) is 0 Å². The molecular formula is C32H44N2O6. The second kappa shape index (κ2) is 15.1. The van der Waals surface area contributed by atoms with Gasteiger partial charge in [0.25, 0.3) is 0 Å². The number of hydrogen-bond acceptors (Lipinski definition) is 6. The number of ether oxygens (including phenoxy) is 2. The molecule has 3 atom stereocenters. The van der Waals surface area contributed by atoms with E-state index in [0.29, 0.717) is 44.0 Å². The second-order valence-electron chi connectivity index (χ2n) is 11.0. The summed E-state index contributed by atoms with van der Waals surface area (Å²) in [5.41, 5.74) is 2.21. The summed E-state index contributed by atoms with van der Waals surface area (Å²) in [6.07, 6.45) is 17.4. The molecule has 0 spiro atoms. The quantitative estimate of drug-likeness (QED) is 0.359. The van der Waals surface area contributed by atoms with Crippen molar-refractivity contribution in [3.8, 4) is 11.5 Å². The molecule has 1 aromatic carbocycles. The number of aliphatic hydroxyl groups is 1. The highest BCUT2D eigenvalue weighted by atomic mass is 16.7. The number of nitrogens with zero attached hydrogens (tertiary/aromatic N) is 2. The number of hydrogen-bond donors (Lipinski definition) is 2. The summed E-state index contributed by atoms with van der Waals surface area (Å²) < 4.78 is 11.1. The number of fused-ring (bicyclic) bond motifs is 1. The van der Waals surface area contributed by atoms with Crippen LogP contribution in [0.5, 0.6) is 11.5 Å². The van der Waals surface area contributed by atoms with Gasteiger partial charge >= 0.3 is 5.97 Å². The average molecular weight is 553 g/mol. The largest absolute Gasteiger partial charge is 0.481 e. The number of unbranched alkanes of at least 4 members (excludes halogenated alkanes) is 1. The number of carbonyl (C=O) groups excluding carboxylic acids is 1. The van der Waals surface area contributed by atoms with Gasteiger partial charge in [0, 0.05) is 38.2 Å². The van der Waals surface area contributed by atoms with E-state index in [4.69, 9.17) is 9.47 Å². The molecule has 0 bridgehead atoms. The van der Waals surface area contributed by atoms with Gasteiger partial charge in [-0.15, -0.1) is 0 Å². The molecule has 3 aliphatic rings. The van der Waals surface area contributed by atoms with Gasteiger partial charge in [-0.3, -0.25) is 14.5 Å². The summed E-state index contributed by atoms with van der Waals surface area (Å²) in [7, 11) is 0. The molecule has 2 aliphatic heterocycles. The van der Waals surface area contributed by atoms with Crippen molar-refractivity contribution in [2.45, 2.75) is 70.3 Å². The van der Waals surface area contributed by atoms with Gasteiger partial charge in [-0.1, -0.05) is 55.4 Å². The van der Waals surface area contributed by atoms with E-state index in [2.05, 4.69) is 36.1 Å². The summed E-state index contributed by atoms with van der Waals surface area (Å²) in [6.45, 7) is 4.11. The maximum absolute atomic E-state index is 13.5. The number of aliphatic carboxylic acids is 1. The van der Waals surface area contributed by atoms with Crippen molar-refractivity contribution in [2.75, 3.05) is 39.6 Å². The molecule has 4 rings (SSSR count). The molecule has 0 aromatic heterocycles. The Morgan fingerprint density at radius 1 is 1.10 bits per heavy atom. The van der Waals surface area contributed by atoms with Gasteiger partial charge in [0.05, 0.1) is 12.5 Å². The maximum atomic E-state index is 13.5. The minimum atomic E-state index is -0.835. The van der Waals surface area contributed by atoms with Gasteiger partial charge in [-0.05, 0) is 62.6 Å². The van der Waals surface area contributed by atoms with E-state index < -0.39 is 11.9 Å². The molecule has 1 aliphatic carbocycles. The predicted octanol–water partition coefficient (Wildman–Crippen LogP) is 4.90. The van der Waals surface area contributed by atoms with Crippen LogP contribution in [0.4, 0.5) is 0 Å². The number of benzene rings is 1. The molecule has 0 saturated carbocycles. The highest BCUT2D eigenvalue weighted by Gasteiger charge is 2.47. The molecule has 2 heterocycles. The molecule has 218 valence electrons. The molecule has 8 nitrogen and oxygen atoms in total. The first-order chi connectivity index (χ1) is 19.5. The SMILES string of the molecule is CCCCN(CCCO)C(=O)CN1C[C@H](c2ccc3c(c2)OCO3)[C@@H](C(=O)O)[C@@H]1CC/C1=C/C=C\C=C\CCC1. The van der Waals surface area contributed by atoms with Crippen molar-refractivity contribution in [3.63, 3.8) is 0 Å². The van der Waals surface area contributed by atoms with Gasteiger partial charge in [0.15, 0.2) is 11.5 Å². The number of carbonyl (C=O) groups is 2. The van der Waals surface area contributed by atoms with Gasteiger partial charge in [0.2, 0.25) is 12.7 Å². The van der Waals surface area contributed by atoms with Crippen molar-refractivity contribution in [1.82, 2.24) is 9.80 Å². The summed E-state index contributed by atoms with van der Waals surface area (Å²) in [5, 5.41) is 19.9. The fraction of sp³-hybridized carbons (Fsp3) is 0.562. The van der Waals surface area contributed by atoms with E-state index in [1.165, 1.54) is 5.57 Å². The van der Waals surface area contributed by atoms with Crippen LogP contribution in [0.1, 0.15) is 69.8 Å². The Balaban J connectivity index is 1.58. The van der Waals surface area contributed by atoms with Crippen LogP contribution in [-0.4, -0.2) is 77.5 Å². The van der Waals surface area contributed by atoms with E-state index in [1.54, 1.807) is 0 Å². The molecule has 8 heteroatoms. The van der Waals surface area contributed by atoms with Crippen molar-refractivity contribution in [1.29, 1.82) is 0 Å². The molecule has 2 N–H and O–H groups in total. The van der Waals surface area contributed by atoms with E-state index in [1.807, 2.05) is 29.2 Å². The lowest BCUT2D eigenvalue weighted by Gasteiger charge is -2.30. The number of rotatable bonds is 13. The number of carboxylic acids is 1. The lowest BCUT2D eigenvalue weighted by Crippen LogP contribution is -2.44. The molecule has 1 aromatic rings. The lowest BCUT2D eigenvalue weighted by molar-refractivity contribution is -0.143. The van der Waals surface area contributed by atoms with Crippen LogP contribution < -0.4 is 9.47 Å². The molecular weight excluding hydrogens is 508 g/mol. The van der Waals surface area contributed by atoms with E-state index in [9.17, 15) is 19.8 Å². The number of likely N-dealkylation sites (tertiary alicyclic amines) is 1. The third kappa shape index (κ3) is 7.76. The Kier molecular flexibility index (Phi) is 11.2. The highest BCUT2D eigenvalue weighted by Crippen LogP contribution is 2.43. The number of carboxylic acid groups (broad SMARTS) is 1. The van der Waals surface area contributed by atoms with Crippen molar-refractivity contribution in [2.24, 2.45) is 5.92 Å². The van der Waals surface area contributed by atoms with Gasteiger partial charge in [-0.2, -0.15) is 0 Å². The monoisotopic (exact) mass is 552 g/mol. The van der Waals surface area contributed by atoms with Gasteiger partial charge in [-0.25, -0.2) is 0 Å². The molecule has 0 unspecified atom stereocenters. The van der Waals surface area contributed by atoms with Crippen LogP contribution in [0, 0.1) is 5.92 Å². The highest BCUT2D eigenvalue weighted by molar-refractivity contribution is 5.79. The van der Waals surface area contributed by atoms with Gasteiger partial charge < -0.3 is 24.6 Å². The van der Waals surface area contributed by atoms with E-state index in [0.717, 1.165) is 44.1 Å². The molecule has 40 heavy (non-hydrogen) atoms. The Morgan fingerprint density at radius 3 is 2.73 bits per heavy atom. The zero-order chi connectivity index (χ0) is 28.3. The van der Waals surface area contributed by atoms with Crippen LogP contribution >= 0.6 is 0 Å². The van der Waals surface area contributed by atoms with Crippen molar-refractivity contribution in [3.05, 3.63) is 59.7 Å². The Bertz CT molecular complexity index is 1090.